The van der Waals surface area contributed by atoms with Crippen LogP contribution in [0.15, 0.2) is 69.3 Å². The van der Waals surface area contributed by atoms with Crippen LogP contribution in [0.3, 0.4) is 0 Å². The zero-order chi connectivity index (χ0) is 27.7. The molecule has 2 heterocycles. The summed E-state index contributed by atoms with van der Waals surface area (Å²) in [7, 11) is -3.97. The minimum atomic E-state index is -3.97. The summed E-state index contributed by atoms with van der Waals surface area (Å²) < 4.78 is 35.1. The molecule has 1 unspecified atom stereocenters. The Bertz CT molecular complexity index is 1130. The first-order valence-corrected chi connectivity index (χ1v) is 16.2. The maximum atomic E-state index is 14.1. The maximum absolute atomic E-state index is 14.1. The van der Waals surface area contributed by atoms with E-state index in [0.29, 0.717) is 19.6 Å². The van der Waals surface area contributed by atoms with Crippen LogP contribution in [0.5, 0.6) is 0 Å². The van der Waals surface area contributed by atoms with Crippen LogP contribution in [-0.4, -0.2) is 68.6 Å². The Hall–Kier alpha value is -1.95. The number of likely N-dealkylation sites (tertiary alicyclic amines) is 1. The van der Waals surface area contributed by atoms with E-state index in [9.17, 15) is 13.2 Å². The fourth-order valence-electron chi connectivity index (χ4n) is 5.03. The number of piperidine rings is 1. The number of nitrogens with one attached hydrogen (secondary N) is 1. The van der Waals surface area contributed by atoms with Crippen molar-refractivity contribution in [2.24, 2.45) is 5.92 Å². The van der Waals surface area contributed by atoms with Gasteiger partial charge in [-0.2, -0.15) is 4.31 Å². The number of carbonyl (C=O) groups excluding carboxylic acids is 1. The first-order valence-electron chi connectivity index (χ1n) is 14.0. The van der Waals surface area contributed by atoms with Crippen molar-refractivity contribution in [3.05, 3.63) is 54.6 Å². The Morgan fingerprint density at radius 3 is 2.36 bits per heavy atom. The fraction of sp³-hybridized carbons (Fsp3) is 0.552. The summed E-state index contributed by atoms with van der Waals surface area (Å²) in [6, 6.07) is 15.9. The van der Waals surface area contributed by atoms with Crippen LogP contribution in [0.1, 0.15) is 52.4 Å². The number of nitrogens with zero attached hydrogens (tertiary/aromatic N) is 2. The van der Waals surface area contributed by atoms with Crippen molar-refractivity contribution in [3.8, 4) is 0 Å². The Morgan fingerprint density at radius 1 is 1.03 bits per heavy atom. The number of sulfonamides is 1. The number of hydrogen-bond donors (Lipinski definition) is 1. The molecule has 1 N–H and O–H groups in total. The molecule has 2 atom stereocenters. The summed E-state index contributed by atoms with van der Waals surface area (Å²) in [5.41, 5.74) is 2.53. The second-order valence-corrected chi connectivity index (χ2v) is 13.5. The van der Waals surface area contributed by atoms with Gasteiger partial charge >= 0.3 is 0 Å². The molecule has 214 valence electrons. The number of hydrogen-bond acceptors (Lipinski definition) is 7. The molecule has 39 heavy (non-hydrogen) atoms. The van der Waals surface area contributed by atoms with Gasteiger partial charge < -0.3 is 9.64 Å². The molecule has 0 radical (unpaired) electrons. The largest absolute Gasteiger partial charge is 0.350 e. The SMILES string of the molecule is CC(C)[C@H](C(=O)NOC1CCCCO1)N(CCN1CCCCC1)S(=O)(=O)c1ccc(Sc2ccccc2)cc1. The van der Waals surface area contributed by atoms with Crippen LogP contribution < -0.4 is 5.48 Å². The van der Waals surface area contributed by atoms with Crippen LogP contribution in [0.2, 0.25) is 0 Å². The van der Waals surface area contributed by atoms with E-state index in [-0.39, 0.29) is 17.4 Å². The Kier molecular flexibility index (Phi) is 11.2. The highest BCUT2D eigenvalue weighted by Crippen LogP contribution is 2.30. The van der Waals surface area contributed by atoms with E-state index < -0.39 is 28.3 Å². The van der Waals surface area contributed by atoms with Crippen LogP contribution in [-0.2, 0) is 24.4 Å². The van der Waals surface area contributed by atoms with E-state index >= 15 is 0 Å². The van der Waals surface area contributed by atoms with Gasteiger partial charge in [-0.1, -0.05) is 50.2 Å². The van der Waals surface area contributed by atoms with Crippen molar-refractivity contribution in [1.29, 1.82) is 0 Å². The summed E-state index contributed by atoms with van der Waals surface area (Å²) in [6.07, 6.45) is 5.52. The third kappa shape index (κ3) is 8.52. The number of ether oxygens (including phenoxy) is 1. The Morgan fingerprint density at radius 2 is 1.72 bits per heavy atom. The van der Waals surface area contributed by atoms with E-state index in [1.807, 2.05) is 56.3 Å². The van der Waals surface area contributed by atoms with Crippen LogP contribution in [0, 0.1) is 5.92 Å². The standard InChI is InChI=1S/C29H41N3O5S2/c1-23(2)28(29(33)30-37-27-13-7-10-22-36-27)32(21-20-31-18-8-4-9-19-31)39(34,35)26-16-14-25(15-17-26)38-24-11-5-3-6-12-24/h3,5-6,11-12,14-17,23,27-28H,4,7-10,13,18-22H2,1-2H3,(H,30,33)/t27?,28-/m1/s1. The van der Waals surface area contributed by atoms with E-state index in [0.717, 1.165) is 48.6 Å². The maximum Gasteiger partial charge on any atom is 0.262 e. The number of benzene rings is 2. The van der Waals surface area contributed by atoms with Gasteiger partial charge in [0.25, 0.3) is 5.91 Å². The summed E-state index contributed by atoms with van der Waals surface area (Å²) in [5, 5.41) is 0. The van der Waals surface area contributed by atoms with Gasteiger partial charge in [-0.25, -0.2) is 18.7 Å². The van der Waals surface area contributed by atoms with E-state index in [4.69, 9.17) is 9.57 Å². The van der Waals surface area contributed by atoms with Gasteiger partial charge in [-0.15, -0.1) is 0 Å². The second-order valence-electron chi connectivity index (χ2n) is 10.5. The van der Waals surface area contributed by atoms with Gasteiger partial charge in [-0.05, 0) is 81.1 Å². The topological polar surface area (TPSA) is 88.2 Å². The molecule has 2 aliphatic heterocycles. The highest BCUT2D eigenvalue weighted by Gasteiger charge is 2.38. The molecule has 8 nitrogen and oxygen atoms in total. The Labute approximate surface area is 237 Å². The van der Waals surface area contributed by atoms with Crippen LogP contribution >= 0.6 is 11.8 Å². The minimum Gasteiger partial charge on any atom is -0.350 e. The van der Waals surface area contributed by atoms with Crippen molar-refractivity contribution in [2.45, 2.75) is 79.4 Å². The molecule has 0 aliphatic carbocycles. The second kappa shape index (κ2) is 14.6. The number of hydroxylamine groups is 1. The summed E-state index contributed by atoms with van der Waals surface area (Å²) in [4.78, 5) is 23.5. The first-order chi connectivity index (χ1) is 18.8. The molecule has 0 bridgehead atoms. The monoisotopic (exact) mass is 575 g/mol. The van der Waals surface area contributed by atoms with Crippen molar-refractivity contribution in [3.63, 3.8) is 0 Å². The third-order valence-corrected chi connectivity index (χ3v) is 10.0. The number of amides is 1. The quantitative estimate of drug-likeness (QED) is 0.360. The molecule has 4 rings (SSSR count). The highest BCUT2D eigenvalue weighted by atomic mass is 32.2. The smallest absolute Gasteiger partial charge is 0.262 e. The molecule has 0 saturated carbocycles. The molecule has 2 saturated heterocycles. The lowest BCUT2D eigenvalue weighted by Gasteiger charge is -2.35. The van der Waals surface area contributed by atoms with E-state index in [1.54, 1.807) is 23.9 Å². The molecular formula is C29H41N3O5S2. The highest BCUT2D eigenvalue weighted by molar-refractivity contribution is 7.99. The van der Waals surface area contributed by atoms with Gasteiger partial charge in [0, 0.05) is 35.9 Å². The van der Waals surface area contributed by atoms with Gasteiger partial charge in [0.15, 0.2) is 6.29 Å². The average Bonchev–Trinajstić information content (AvgIpc) is 2.95. The van der Waals surface area contributed by atoms with Crippen molar-refractivity contribution in [2.75, 3.05) is 32.8 Å². The molecule has 10 heteroatoms. The number of carbonyl (C=O) groups is 1. The molecular weight excluding hydrogens is 534 g/mol. The molecule has 2 aromatic rings. The molecule has 2 aliphatic rings. The van der Waals surface area contributed by atoms with Crippen molar-refractivity contribution >= 4 is 27.7 Å². The molecule has 2 fully saturated rings. The lowest BCUT2D eigenvalue weighted by Crippen LogP contribution is -2.54. The van der Waals surface area contributed by atoms with Crippen molar-refractivity contribution in [1.82, 2.24) is 14.7 Å². The zero-order valence-electron chi connectivity index (χ0n) is 23.0. The first kappa shape index (κ1) is 30.0. The molecule has 0 spiro atoms. The van der Waals surface area contributed by atoms with Gasteiger partial charge in [-0.3, -0.25) is 4.79 Å². The fourth-order valence-corrected chi connectivity index (χ4v) is 7.57. The Balaban J connectivity index is 1.54. The van der Waals surface area contributed by atoms with Gasteiger partial charge in [0.1, 0.15) is 6.04 Å². The predicted octanol–water partition coefficient (Wildman–Crippen LogP) is 4.91. The molecule has 2 aromatic carbocycles. The third-order valence-electron chi connectivity index (χ3n) is 7.13. The predicted molar refractivity (Wildman–Crippen MR) is 153 cm³/mol. The van der Waals surface area contributed by atoms with E-state index in [1.165, 1.54) is 10.7 Å². The van der Waals surface area contributed by atoms with E-state index in [2.05, 4.69) is 10.4 Å². The molecule has 1 amide bonds. The summed E-state index contributed by atoms with van der Waals surface area (Å²) in [6.45, 7) is 7.00. The molecule has 0 aromatic heterocycles. The van der Waals surface area contributed by atoms with Crippen LogP contribution in [0.4, 0.5) is 0 Å². The van der Waals surface area contributed by atoms with Crippen LogP contribution in [0.25, 0.3) is 0 Å². The lowest BCUT2D eigenvalue weighted by atomic mass is 10.0. The minimum absolute atomic E-state index is 0.175. The summed E-state index contributed by atoms with van der Waals surface area (Å²) in [5.74, 6) is -0.748. The number of rotatable bonds is 12. The van der Waals surface area contributed by atoms with Gasteiger partial charge in [0.05, 0.1) is 4.90 Å². The van der Waals surface area contributed by atoms with Crippen molar-refractivity contribution < 1.29 is 22.8 Å². The zero-order valence-corrected chi connectivity index (χ0v) is 24.6. The lowest BCUT2D eigenvalue weighted by molar-refractivity contribution is -0.202. The normalized spacial score (nSPS) is 19.7. The summed E-state index contributed by atoms with van der Waals surface area (Å²) >= 11 is 1.57. The van der Waals surface area contributed by atoms with Gasteiger partial charge in [0.2, 0.25) is 10.0 Å². The average molecular weight is 576 g/mol.